The van der Waals surface area contributed by atoms with Gasteiger partial charge in [0, 0.05) is 13.1 Å². The number of hydrogen-bond donors (Lipinski definition) is 2. The highest BCUT2D eigenvalue weighted by atomic mass is 35.5. The van der Waals surface area contributed by atoms with Crippen LogP contribution >= 0.6 is 12.4 Å². The molecule has 4 nitrogen and oxygen atoms in total. The van der Waals surface area contributed by atoms with E-state index in [1.54, 1.807) is 0 Å². The fraction of sp³-hybridized carbons (Fsp3) is 0.438. The smallest absolute Gasteiger partial charge is 0.254 e. The standard InChI is InChI=1S/C16H20N2O2.ClH/c19-16(18-11-12-5-8-17-9-6-12)15-14-4-2-1-3-13(14)7-10-20-15;/h1-5,15,17H,6-11H2,(H,18,19);1H. The highest BCUT2D eigenvalue weighted by Gasteiger charge is 2.26. The highest BCUT2D eigenvalue weighted by Crippen LogP contribution is 2.26. The zero-order chi connectivity index (χ0) is 13.8. The molecular weight excluding hydrogens is 288 g/mol. The summed E-state index contributed by atoms with van der Waals surface area (Å²) in [6.45, 7) is 3.13. The topological polar surface area (TPSA) is 50.4 Å². The molecule has 0 spiro atoms. The van der Waals surface area contributed by atoms with Gasteiger partial charge in [-0.2, -0.15) is 0 Å². The highest BCUT2D eigenvalue weighted by molar-refractivity contribution is 5.85. The largest absolute Gasteiger partial charge is 0.363 e. The molecule has 21 heavy (non-hydrogen) atoms. The molecule has 1 aromatic rings. The van der Waals surface area contributed by atoms with Gasteiger partial charge in [-0.1, -0.05) is 35.9 Å². The van der Waals surface area contributed by atoms with Gasteiger partial charge in [0.05, 0.1) is 6.61 Å². The molecule has 5 heteroatoms. The zero-order valence-electron chi connectivity index (χ0n) is 11.9. The first-order valence-corrected chi connectivity index (χ1v) is 7.20. The summed E-state index contributed by atoms with van der Waals surface area (Å²) in [6.07, 6.45) is 3.58. The second kappa shape index (κ2) is 7.59. The third kappa shape index (κ3) is 3.84. The van der Waals surface area contributed by atoms with Crippen molar-refractivity contribution < 1.29 is 9.53 Å². The normalized spacial score (nSPS) is 20.8. The van der Waals surface area contributed by atoms with Crippen LogP contribution in [0, 0.1) is 0 Å². The number of halogens is 1. The first-order chi connectivity index (χ1) is 9.84. The van der Waals surface area contributed by atoms with Crippen LogP contribution < -0.4 is 10.6 Å². The molecule has 1 atom stereocenters. The average Bonchev–Trinajstić information content (AvgIpc) is 2.53. The van der Waals surface area contributed by atoms with Crippen LogP contribution in [0.1, 0.15) is 23.7 Å². The first kappa shape index (κ1) is 16.0. The molecule has 3 rings (SSSR count). The van der Waals surface area contributed by atoms with Crippen molar-refractivity contribution in [3.05, 3.63) is 47.0 Å². The Kier molecular flexibility index (Phi) is 5.79. The van der Waals surface area contributed by atoms with Crippen molar-refractivity contribution in [3.63, 3.8) is 0 Å². The van der Waals surface area contributed by atoms with Crippen molar-refractivity contribution in [1.29, 1.82) is 0 Å². The Morgan fingerprint density at radius 2 is 2.19 bits per heavy atom. The van der Waals surface area contributed by atoms with Crippen molar-refractivity contribution in [1.82, 2.24) is 10.6 Å². The van der Waals surface area contributed by atoms with Crippen molar-refractivity contribution >= 4 is 18.3 Å². The Hall–Kier alpha value is -1.36. The Bertz CT molecular complexity index is 531. The van der Waals surface area contributed by atoms with Crippen molar-refractivity contribution in [2.75, 3.05) is 26.2 Å². The third-order valence-electron chi connectivity index (χ3n) is 3.88. The van der Waals surface area contributed by atoms with E-state index < -0.39 is 6.10 Å². The van der Waals surface area contributed by atoms with E-state index >= 15 is 0 Å². The number of benzene rings is 1. The van der Waals surface area contributed by atoms with Crippen LogP contribution in [-0.2, 0) is 16.0 Å². The summed E-state index contributed by atoms with van der Waals surface area (Å²) in [5, 5.41) is 6.27. The quantitative estimate of drug-likeness (QED) is 0.837. The van der Waals surface area contributed by atoms with E-state index in [1.165, 1.54) is 11.1 Å². The first-order valence-electron chi connectivity index (χ1n) is 7.20. The molecule has 1 amide bonds. The molecule has 0 aliphatic carbocycles. The summed E-state index contributed by atoms with van der Waals surface area (Å²) in [5.74, 6) is -0.0309. The van der Waals surface area contributed by atoms with E-state index in [-0.39, 0.29) is 18.3 Å². The number of hydrogen-bond acceptors (Lipinski definition) is 3. The van der Waals surface area contributed by atoms with E-state index in [4.69, 9.17) is 4.74 Å². The number of carbonyl (C=O) groups is 1. The average molecular weight is 309 g/mol. The monoisotopic (exact) mass is 308 g/mol. The van der Waals surface area contributed by atoms with Crippen LogP contribution in [0.25, 0.3) is 0 Å². The van der Waals surface area contributed by atoms with Crippen LogP contribution in [0.2, 0.25) is 0 Å². The Balaban J connectivity index is 0.00000161. The van der Waals surface area contributed by atoms with Crippen LogP contribution in [-0.4, -0.2) is 32.1 Å². The van der Waals surface area contributed by atoms with Crippen molar-refractivity contribution in [2.45, 2.75) is 18.9 Å². The Morgan fingerprint density at radius 1 is 1.33 bits per heavy atom. The molecule has 2 heterocycles. The lowest BCUT2D eigenvalue weighted by molar-refractivity contribution is -0.133. The van der Waals surface area contributed by atoms with Gasteiger partial charge in [-0.25, -0.2) is 0 Å². The Morgan fingerprint density at radius 3 is 3.00 bits per heavy atom. The summed E-state index contributed by atoms with van der Waals surface area (Å²) >= 11 is 0. The van der Waals surface area contributed by atoms with Gasteiger partial charge in [-0.05, 0) is 30.5 Å². The van der Waals surface area contributed by atoms with Crippen LogP contribution in [0.4, 0.5) is 0 Å². The lowest BCUT2D eigenvalue weighted by atomic mass is 9.97. The minimum absolute atomic E-state index is 0. The molecule has 2 N–H and O–H groups in total. The number of amides is 1. The number of carbonyl (C=O) groups excluding carboxylic acids is 1. The van der Waals surface area contributed by atoms with E-state index in [0.717, 1.165) is 31.5 Å². The molecule has 2 aliphatic heterocycles. The van der Waals surface area contributed by atoms with Gasteiger partial charge in [0.2, 0.25) is 0 Å². The predicted molar refractivity (Wildman–Crippen MR) is 84.7 cm³/mol. The molecule has 0 bridgehead atoms. The SMILES string of the molecule is Cl.O=C(NCC1=CCNCC1)C1OCCc2ccccc21. The summed E-state index contributed by atoms with van der Waals surface area (Å²) in [4.78, 5) is 12.3. The van der Waals surface area contributed by atoms with E-state index in [9.17, 15) is 4.79 Å². The minimum Gasteiger partial charge on any atom is -0.363 e. The molecule has 0 fully saturated rings. The molecule has 0 saturated carbocycles. The van der Waals surface area contributed by atoms with E-state index in [2.05, 4.69) is 22.8 Å². The van der Waals surface area contributed by atoms with Crippen LogP contribution in [0.5, 0.6) is 0 Å². The van der Waals surface area contributed by atoms with Crippen molar-refractivity contribution in [3.8, 4) is 0 Å². The Labute approximate surface area is 131 Å². The molecular formula is C16H21ClN2O2. The second-order valence-corrected chi connectivity index (χ2v) is 5.23. The molecule has 0 saturated heterocycles. The number of rotatable bonds is 3. The molecule has 1 unspecified atom stereocenters. The van der Waals surface area contributed by atoms with Crippen LogP contribution in [0.3, 0.4) is 0 Å². The van der Waals surface area contributed by atoms with Gasteiger partial charge in [0.1, 0.15) is 0 Å². The van der Waals surface area contributed by atoms with Gasteiger partial charge in [0.15, 0.2) is 6.10 Å². The molecule has 0 radical (unpaired) electrons. The number of fused-ring (bicyclic) bond motifs is 1. The molecule has 1 aromatic carbocycles. The minimum atomic E-state index is -0.456. The van der Waals surface area contributed by atoms with Gasteiger partial charge < -0.3 is 15.4 Å². The molecule has 114 valence electrons. The van der Waals surface area contributed by atoms with Crippen molar-refractivity contribution in [2.24, 2.45) is 0 Å². The summed E-state index contributed by atoms with van der Waals surface area (Å²) < 4.78 is 5.66. The van der Waals surface area contributed by atoms with Crippen LogP contribution in [0.15, 0.2) is 35.9 Å². The van der Waals surface area contributed by atoms with Gasteiger partial charge in [0.25, 0.3) is 5.91 Å². The lowest BCUT2D eigenvalue weighted by Crippen LogP contribution is -2.36. The van der Waals surface area contributed by atoms with E-state index in [1.807, 2.05) is 18.2 Å². The fourth-order valence-electron chi connectivity index (χ4n) is 2.73. The maximum Gasteiger partial charge on any atom is 0.254 e. The summed E-state index contributed by atoms with van der Waals surface area (Å²) in [7, 11) is 0. The maximum absolute atomic E-state index is 12.3. The predicted octanol–water partition coefficient (Wildman–Crippen LogP) is 1.76. The molecule has 0 aromatic heterocycles. The molecule has 2 aliphatic rings. The summed E-state index contributed by atoms with van der Waals surface area (Å²) in [5.41, 5.74) is 3.52. The third-order valence-corrected chi connectivity index (χ3v) is 3.88. The summed E-state index contributed by atoms with van der Waals surface area (Å²) in [6, 6.07) is 8.04. The van der Waals surface area contributed by atoms with Gasteiger partial charge in [-0.15, -0.1) is 12.4 Å². The second-order valence-electron chi connectivity index (χ2n) is 5.23. The van der Waals surface area contributed by atoms with E-state index in [0.29, 0.717) is 13.2 Å². The van der Waals surface area contributed by atoms with Gasteiger partial charge in [-0.3, -0.25) is 4.79 Å². The maximum atomic E-state index is 12.3. The zero-order valence-corrected chi connectivity index (χ0v) is 12.7. The fourth-order valence-corrected chi connectivity index (χ4v) is 2.73. The number of ether oxygens (including phenoxy) is 1. The number of nitrogens with one attached hydrogen (secondary N) is 2. The van der Waals surface area contributed by atoms with Gasteiger partial charge >= 0.3 is 0 Å². The lowest BCUT2D eigenvalue weighted by Gasteiger charge is -2.25.